The van der Waals surface area contributed by atoms with Crippen LogP contribution in [0, 0.1) is 5.82 Å². The molecule has 0 spiro atoms. The second-order valence-corrected chi connectivity index (χ2v) is 4.43. The van der Waals surface area contributed by atoms with Crippen LogP contribution < -0.4 is 5.32 Å². The molecule has 0 saturated carbocycles. The van der Waals surface area contributed by atoms with Gasteiger partial charge >= 0.3 is 5.97 Å². The van der Waals surface area contributed by atoms with Crippen LogP contribution in [0.2, 0.25) is 0 Å². The maximum absolute atomic E-state index is 13.6. The van der Waals surface area contributed by atoms with Crippen molar-refractivity contribution in [3.05, 3.63) is 34.1 Å². The quantitative estimate of drug-likeness (QED) is 0.875. The van der Waals surface area contributed by atoms with Crippen molar-refractivity contribution < 1.29 is 14.3 Å². The molecule has 0 saturated heterocycles. The van der Waals surface area contributed by atoms with Crippen molar-refractivity contribution in [3.8, 4) is 0 Å². The van der Waals surface area contributed by atoms with Crippen LogP contribution >= 0.6 is 15.9 Å². The number of hydrogen-bond acceptors (Lipinski definition) is 2. The summed E-state index contributed by atoms with van der Waals surface area (Å²) in [5.74, 6) is -1.66. The van der Waals surface area contributed by atoms with Gasteiger partial charge in [0.2, 0.25) is 0 Å². The van der Waals surface area contributed by atoms with Crippen LogP contribution in [0.4, 0.5) is 4.39 Å². The highest BCUT2D eigenvalue weighted by Gasteiger charge is 2.18. The van der Waals surface area contributed by atoms with E-state index >= 15 is 0 Å². The van der Waals surface area contributed by atoms with Crippen molar-refractivity contribution >= 4 is 21.9 Å². The molecular formula is C11H13BrFNO2. The molecule has 0 aliphatic carbocycles. The molecule has 0 aromatic heterocycles. The van der Waals surface area contributed by atoms with Gasteiger partial charge in [-0.15, -0.1) is 0 Å². The second-order valence-electron chi connectivity index (χ2n) is 3.52. The maximum atomic E-state index is 13.6. The molecule has 0 radical (unpaired) electrons. The second kappa shape index (κ2) is 5.96. The zero-order chi connectivity index (χ0) is 12.1. The average molecular weight is 290 g/mol. The average Bonchev–Trinajstić information content (AvgIpc) is 2.20. The summed E-state index contributed by atoms with van der Waals surface area (Å²) >= 11 is 3.25. The van der Waals surface area contributed by atoms with Crippen molar-refractivity contribution in [2.45, 2.75) is 12.3 Å². The highest BCUT2D eigenvalue weighted by molar-refractivity contribution is 9.10. The largest absolute Gasteiger partial charge is 0.481 e. The summed E-state index contributed by atoms with van der Waals surface area (Å²) < 4.78 is 14.3. The predicted octanol–water partition coefficient (Wildman–Crippen LogP) is 2.37. The summed E-state index contributed by atoms with van der Waals surface area (Å²) in [6.45, 7) is 0.430. The fourth-order valence-electron chi connectivity index (χ4n) is 1.58. The van der Waals surface area contributed by atoms with Crippen LogP contribution in [0.1, 0.15) is 17.9 Å². The number of rotatable bonds is 5. The van der Waals surface area contributed by atoms with Crippen LogP contribution in [0.3, 0.4) is 0 Å². The van der Waals surface area contributed by atoms with Crippen LogP contribution in [0.25, 0.3) is 0 Å². The zero-order valence-corrected chi connectivity index (χ0v) is 10.4. The summed E-state index contributed by atoms with van der Waals surface area (Å²) in [6.07, 6.45) is -0.0891. The summed E-state index contributed by atoms with van der Waals surface area (Å²) in [4.78, 5) is 10.7. The van der Waals surface area contributed by atoms with Gasteiger partial charge in [-0.3, -0.25) is 4.79 Å². The molecule has 0 aliphatic rings. The Morgan fingerprint density at radius 3 is 2.88 bits per heavy atom. The fourth-order valence-corrected chi connectivity index (χ4v) is 1.96. The topological polar surface area (TPSA) is 49.3 Å². The lowest BCUT2D eigenvalue weighted by Crippen LogP contribution is -2.20. The van der Waals surface area contributed by atoms with Crippen molar-refractivity contribution in [2.75, 3.05) is 13.6 Å². The lowest BCUT2D eigenvalue weighted by Gasteiger charge is -2.15. The Morgan fingerprint density at radius 1 is 1.62 bits per heavy atom. The monoisotopic (exact) mass is 289 g/mol. The standard InChI is InChI=1S/C11H13BrFNO2/c1-14-6-7(4-11(15)16)9-5-8(12)2-3-10(9)13/h2-3,5,7,14H,4,6H2,1H3,(H,15,16). The van der Waals surface area contributed by atoms with Gasteiger partial charge in [-0.1, -0.05) is 15.9 Å². The van der Waals surface area contributed by atoms with E-state index in [1.54, 1.807) is 19.2 Å². The molecule has 0 aliphatic heterocycles. The van der Waals surface area contributed by atoms with E-state index in [4.69, 9.17) is 5.11 Å². The van der Waals surface area contributed by atoms with Gasteiger partial charge in [-0.25, -0.2) is 4.39 Å². The Hall–Kier alpha value is -0.940. The number of halogens is 2. The molecule has 0 heterocycles. The van der Waals surface area contributed by atoms with E-state index in [9.17, 15) is 9.18 Å². The number of carboxylic acid groups (broad SMARTS) is 1. The Kier molecular flexibility index (Phi) is 4.89. The van der Waals surface area contributed by atoms with Crippen molar-refractivity contribution in [1.82, 2.24) is 5.32 Å². The van der Waals surface area contributed by atoms with Crippen molar-refractivity contribution in [3.63, 3.8) is 0 Å². The first kappa shape index (κ1) is 13.1. The van der Waals surface area contributed by atoms with Crippen LogP contribution in [-0.4, -0.2) is 24.7 Å². The smallest absolute Gasteiger partial charge is 0.304 e. The number of nitrogens with one attached hydrogen (secondary N) is 1. The summed E-state index contributed by atoms with van der Waals surface area (Å²) in [5, 5.41) is 11.6. The Labute approximate surface area is 102 Å². The molecule has 88 valence electrons. The first-order chi connectivity index (χ1) is 7.54. The minimum absolute atomic E-state index is 0.0891. The van der Waals surface area contributed by atoms with E-state index in [0.717, 1.165) is 4.47 Å². The Bertz CT molecular complexity index is 384. The number of likely N-dealkylation sites (N-methyl/N-ethyl adjacent to an activating group) is 1. The summed E-state index contributed by atoms with van der Waals surface area (Å²) in [7, 11) is 1.71. The molecule has 3 nitrogen and oxygen atoms in total. The first-order valence-corrected chi connectivity index (χ1v) is 5.65. The molecule has 1 atom stereocenters. The zero-order valence-electron chi connectivity index (χ0n) is 8.84. The van der Waals surface area contributed by atoms with Gasteiger partial charge in [0.05, 0.1) is 6.42 Å². The van der Waals surface area contributed by atoms with Crippen molar-refractivity contribution in [1.29, 1.82) is 0 Å². The lowest BCUT2D eigenvalue weighted by atomic mass is 9.95. The minimum atomic E-state index is -0.931. The molecule has 2 N–H and O–H groups in total. The van der Waals surface area contributed by atoms with Gasteiger partial charge in [0.25, 0.3) is 0 Å². The molecule has 1 unspecified atom stereocenters. The van der Waals surface area contributed by atoms with E-state index in [0.29, 0.717) is 12.1 Å². The highest BCUT2D eigenvalue weighted by Crippen LogP contribution is 2.25. The third-order valence-corrected chi connectivity index (χ3v) is 2.76. The lowest BCUT2D eigenvalue weighted by molar-refractivity contribution is -0.137. The number of carbonyl (C=O) groups is 1. The van der Waals surface area contributed by atoms with Gasteiger partial charge in [0, 0.05) is 16.9 Å². The summed E-state index contributed by atoms with van der Waals surface area (Å²) in [5.41, 5.74) is 0.422. The van der Waals surface area contributed by atoms with Gasteiger partial charge in [-0.2, -0.15) is 0 Å². The highest BCUT2D eigenvalue weighted by atomic mass is 79.9. The van der Waals surface area contributed by atoms with Gasteiger partial charge in [-0.05, 0) is 30.8 Å². The molecule has 0 amide bonds. The third-order valence-electron chi connectivity index (χ3n) is 2.27. The molecule has 1 aromatic rings. The Balaban J connectivity index is 2.99. The molecular weight excluding hydrogens is 277 g/mol. The number of hydrogen-bond donors (Lipinski definition) is 2. The molecule has 0 fully saturated rings. The van der Waals surface area contributed by atoms with Gasteiger partial charge < -0.3 is 10.4 Å². The van der Waals surface area contributed by atoms with Crippen LogP contribution in [0.15, 0.2) is 22.7 Å². The van der Waals surface area contributed by atoms with Crippen LogP contribution in [-0.2, 0) is 4.79 Å². The predicted molar refractivity (Wildman–Crippen MR) is 63.0 cm³/mol. The number of aliphatic carboxylic acids is 1. The normalized spacial score (nSPS) is 12.4. The third kappa shape index (κ3) is 3.57. The van der Waals surface area contributed by atoms with E-state index in [1.165, 1.54) is 6.07 Å². The fraction of sp³-hybridized carbons (Fsp3) is 0.364. The van der Waals surface area contributed by atoms with E-state index in [-0.39, 0.29) is 18.2 Å². The SMILES string of the molecule is CNCC(CC(=O)O)c1cc(Br)ccc1F. The molecule has 1 aromatic carbocycles. The first-order valence-electron chi connectivity index (χ1n) is 4.86. The molecule has 16 heavy (non-hydrogen) atoms. The Morgan fingerprint density at radius 2 is 2.31 bits per heavy atom. The van der Waals surface area contributed by atoms with E-state index < -0.39 is 5.97 Å². The van der Waals surface area contributed by atoms with Crippen molar-refractivity contribution in [2.24, 2.45) is 0 Å². The summed E-state index contributed by atoms with van der Waals surface area (Å²) in [6, 6.07) is 4.56. The maximum Gasteiger partial charge on any atom is 0.304 e. The van der Waals surface area contributed by atoms with Gasteiger partial charge in [0.15, 0.2) is 0 Å². The number of benzene rings is 1. The minimum Gasteiger partial charge on any atom is -0.481 e. The van der Waals surface area contributed by atoms with E-state index in [2.05, 4.69) is 21.2 Å². The van der Waals surface area contributed by atoms with Gasteiger partial charge in [0.1, 0.15) is 5.82 Å². The molecule has 5 heteroatoms. The number of carboxylic acids is 1. The van der Waals surface area contributed by atoms with E-state index in [1.807, 2.05) is 0 Å². The van der Waals surface area contributed by atoms with Crippen LogP contribution in [0.5, 0.6) is 0 Å². The molecule has 1 rings (SSSR count). The molecule has 0 bridgehead atoms.